The number of carbonyl (C=O) groups is 1. The molecule has 0 saturated heterocycles. The zero-order valence-electron chi connectivity index (χ0n) is 10.2. The molecule has 1 amide bonds. The molecule has 1 aliphatic heterocycles. The van der Waals surface area contributed by atoms with Crippen LogP contribution in [0.5, 0.6) is 5.75 Å². The Bertz CT molecular complexity index is 674. The molecule has 2 aromatic rings. The molecule has 3 rings (SSSR count). The maximum atomic E-state index is 11.2. The van der Waals surface area contributed by atoms with Crippen molar-refractivity contribution in [2.75, 3.05) is 17.2 Å². The molecular formula is C13H10BrClN2O2S. The molecule has 2 heterocycles. The smallest absolute Gasteiger partial charge is 0.262 e. The molecule has 2 N–H and O–H groups in total. The summed E-state index contributed by atoms with van der Waals surface area (Å²) >= 11 is 11.3. The fourth-order valence-electron chi connectivity index (χ4n) is 1.87. The quantitative estimate of drug-likeness (QED) is 0.851. The van der Waals surface area contributed by atoms with Gasteiger partial charge >= 0.3 is 0 Å². The standard InChI is InChI=1S/C13H10BrClN2O2S/c14-12-1-7(6-20-12)4-16-9-3-11-10(2-8(9)15)17-13(18)5-19-11/h1-3,6,16H,4-5H2,(H,17,18). The summed E-state index contributed by atoms with van der Waals surface area (Å²) in [5.74, 6) is 0.459. The Morgan fingerprint density at radius 2 is 2.30 bits per heavy atom. The lowest BCUT2D eigenvalue weighted by Crippen LogP contribution is -2.25. The van der Waals surface area contributed by atoms with E-state index >= 15 is 0 Å². The molecular weight excluding hydrogens is 364 g/mol. The first-order valence-electron chi connectivity index (χ1n) is 5.85. The number of amides is 1. The van der Waals surface area contributed by atoms with Gasteiger partial charge in [0, 0.05) is 12.6 Å². The van der Waals surface area contributed by atoms with Crippen LogP contribution in [-0.2, 0) is 11.3 Å². The van der Waals surface area contributed by atoms with Crippen molar-refractivity contribution in [1.82, 2.24) is 0 Å². The van der Waals surface area contributed by atoms with Gasteiger partial charge in [-0.2, -0.15) is 0 Å². The molecule has 1 aromatic carbocycles. The highest BCUT2D eigenvalue weighted by Gasteiger charge is 2.18. The zero-order valence-corrected chi connectivity index (χ0v) is 13.4. The van der Waals surface area contributed by atoms with Crippen molar-refractivity contribution < 1.29 is 9.53 Å². The fourth-order valence-corrected chi connectivity index (χ4v) is 3.31. The first-order valence-corrected chi connectivity index (χ1v) is 7.90. The van der Waals surface area contributed by atoms with Crippen LogP contribution in [0.25, 0.3) is 0 Å². The Kier molecular flexibility index (Phi) is 3.87. The van der Waals surface area contributed by atoms with Crippen molar-refractivity contribution >= 4 is 56.1 Å². The van der Waals surface area contributed by atoms with Crippen molar-refractivity contribution in [3.63, 3.8) is 0 Å². The van der Waals surface area contributed by atoms with Gasteiger partial charge in [-0.3, -0.25) is 4.79 Å². The second-order valence-electron chi connectivity index (χ2n) is 4.28. The normalized spacial score (nSPS) is 13.4. The number of hydrogen-bond acceptors (Lipinski definition) is 4. The maximum Gasteiger partial charge on any atom is 0.262 e. The van der Waals surface area contributed by atoms with E-state index < -0.39 is 0 Å². The number of fused-ring (bicyclic) bond motifs is 1. The predicted molar refractivity (Wildman–Crippen MR) is 84.9 cm³/mol. The Morgan fingerprint density at radius 3 is 3.05 bits per heavy atom. The Labute approximate surface area is 133 Å². The molecule has 7 heteroatoms. The van der Waals surface area contributed by atoms with E-state index in [-0.39, 0.29) is 12.5 Å². The molecule has 0 spiro atoms. The number of halogens is 2. The highest BCUT2D eigenvalue weighted by molar-refractivity contribution is 9.11. The second kappa shape index (κ2) is 5.63. The number of ether oxygens (including phenoxy) is 1. The first-order chi connectivity index (χ1) is 9.61. The molecule has 1 aliphatic rings. The number of nitrogens with one attached hydrogen (secondary N) is 2. The van der Waals surface area contributed by atoms with E-state index in [1.807, 2.05) is 0 Å². The van der Waals surface area contributed by atoms with Crippen LogP contribution in [0.1, 0.15) is 5.56 Å². The van der Waals surface area contributed by atoms with E-state index in [9.17, 15) is 4.79 Å². The number of thiophene rings is 1. The third kappa shape index (κ3) is 2.92. The molecule has 104 valence electrons. The van der Waals surface area contributed by atoms with Crippen molar-refractivity contribution in [2.45, 2.75) is 6.54 Å². The van der Waals surface area contributed by atoms with Crippen molar-refractivity contribution in [1.29, 1.82) is 0 Å². The van der Waals surface area contributed by atoms with Gasteiger partial charge in [0.15, 0.2) is 6.61 Å². The summed E-state index contributed by atoms with van der Waals surface area (Å²) < 4.78 is 6.47. The minimum Gasteiger partial charge on any atom is -0.482 e. The second-order valence-corrected chi connectivity index (χ2v) is 6.98. The Morgan fingerprint density at radius 1 is 1.45 bits per heavy atom. The molecule has 4 nitrogen and oxygen atoms in total. The summed E-state index contributed by atoms with van der Waals surface area (Å²) in [6.45, 7) is 0.707. The fraction of sp³-hybridized carbons (Fsp3) is 0.154. The molecule has 20 heavy (non-hydrogen) atoms. The highest BCUT2D eigenvalue weighted by atomic mass is 79.9. The largest absolute Gasteiger partial charge is 0.482 e. The molecule has 0 fully saturated rings. The average molecular weight is 374 g/mol. The van der Waals surface area contributed by atoms with Gasteiger partial charge in [0.05, 0.1) is 20.2 Å². The van der Waals surface area contributed by atoms with E-state index in [4.69, 9.17) is 16.3 Å². The van der Waals surface area contributed by atoms with Crippen LogP contribution in [0, 0.1) is 0 Å². The molecule has 1 aromatic heterocycles. The van der Waals surface area contributed by atoms with Crippen LogP contribution in [0.3, 0.4) is 0 Å². The summed E-state index contributed by atoms with van der Waals surface area (Å²) in [5, 5.41) is 8.60. The summed E-state index contributed by atoms with van der Waals surface area (Å²) in [6.07, 6.45) is 0. The maximum absolute atomic E-state index is 11.2. The summed E-state index contributed by atoms with van der Waals surface area (Å²) in [7, 11) is 0. The predicted octanol–water partition coefficient (Wildman–Crippen LogP) is 4.11. The molecule has 0 aliphatic carbocycles. The number of rotatable bonds is 3. The van der Waals surface area contributed by atoms with Gasteiger partial charge in [-0.05, 0) is 39.0 Å². The van der Waals surface area contributed by atoms with E-state index in [2.05, 4.69) is 38.0 Å². The van der Waals surface area contributed by atoms with Gasteiger partial charge in [-0.25, -0.2) is 0 Å². The molecule has 0 unspecified atom stereocenters. The van der Waals surface area contributed by atoms with Crippen LogP contribution in [0.15, 0.2) is 27.4 Å². The van der Waals surface area contributed by atoms with Crippen LogP contribution in [-0.4, -0.2) is 12.5 Å². The van der Waals surface area contributed by atoms with Crippen LogP contribution >= 0.6 is 38.9 Å². The van der Waals surface area contributed by atoms with Gasteiger partial charge in [-0.15, -0.1) is 11.3 Å². The number of hydrogen-bond donors (Lipinski definition) is 2. The van der Waals surface area contributed by atoms with Gasteiger partial charge < -0.3 is 15.4 Å². The molecule has 0 atom stereocenters. The minimum absolute atomic E-state index is 0.0333. The van der Waals surface area contributed by atoms with Gasteiger partial charge in [0.25, 0.3) is 5.91 Å². The van der Waals surface area contributed by atoms with E-state index in [0.717, 1.165) is 9.47 Å². The van der Waals surface area contributed by atoms with Crippen LogP contribution in [0.4, 0.5) is 11.4 Å². The monoisotopic (exact) mass is 372 g/mol. The SMILES string of the molecule is O=C1COc2cc(NCc3csc(Br)c3)c(Cl)cc2N1. The van der Waals surface area contributed by atoms with Crippen molar-refractivity contribution in [3.05, 3.63) is 38.0 Å². The van der Waals surface area contributed by atoms with Crippen molar-refractivity contribution in [3.8, 4) is 5.75 Å². The first kappa shape index (κ1) is 13.7. The zero-order chi connectivity index (χ0) is 14.1. The third-order valence-electron chi connectivity index (χ3n) is 2.81. The van der Waals surface area contributed by atoms with Gasteiger partial charge in [0.2, 0.25) is 0 Å². The van der Waals surface area contributed by atoms with E-state index in [1.165, 1.54) is 5.56 Å². The summed E-state index contributed by atoms with van der Waals surface area (Å²) in [4.78, 5) is 11.2. The Balaban J connectivity index is 1.78. The average Bonchev–Trinajstić information content (AvgIpc) is 2.82. The Hall–Kier alpha value is -1.24. The van der Waals surface area contributed by atoms with E-state index in [0.29, 0.717) is 23.0 Å². The summed E-state index contributed by atoms with van der Waals surface area (Å²) in [5.41, 5.74) is 2.56. The highest BCUT2D eigenvalue weighted by Crippen LogP contribution is 2.36. The lowest BCUT2D eigenvalue weighted by atomic mass is 10.2. The summed E-state index contributed by atoms with van der Waals surface area (Å²) in [6, 6.07) is 5.55. The third-order valence-corrected chi connectivity index (χ3v) is 4.67. The molecule has 0 saturated carbocycles. The number of anilines is 2. The van der Waals surface area contributed by atoms with E-state index in [1.54, 1.807) is 23.5 Å². The number of carbonyl (C=O) groups excluding carboxylic acids is 1. The molecule has 0 radical (unpaired) electrons. The van der Waals surface area contributed by atoms with Crippen molar-refractivity contribution in [2.24, 2.45) is 0 Å². The minimum atomic E-state index is -0.169. The van der Waals surface area contributed by atoms with Crippen LogP contribution < -0.4 is 15.4 Å². The lowest BCUT2D eigenvalue weighted by Gasteiger charge is -2.19. The van der Waals surface area contributed by atoms with Gasteiger partial charge in [-0.1, -0.05) is 11.6 Å². The lowest BCUT2D eigenvalue weighted by molar-refractivity contribution is -0.118. The molecule has 0 bridgehead atoms. The number of benzene rings is 1. The topological polar surface area (TPSA) is 50.4 Å². The van der Waals surface area contributed by atoms with Gasteiger partial charge in [0.1, 0.15) is 5.75 Å². The van der Waals surface area contributed by atoms with Crippen LogP contribution in [0.2, 0.25) is 5.02 Å².